The van der Waals surface area contributed by atoms with Gasteiger partial charge in [-0.1, -0.05) is 48.0 Å². The van der Waals surface area contributed by atoms with Crippen molar-refractivity contribution >= 4 is 17.5 Å². The number of rotatable bonds is 4. The Morgan fingerprint density at radius 1 is 1.12 bits per heavy atom. The Morgan fingerprint density at radius 2 is 1.83 bits per heavy atom. The quantitative estimate of drug-likeness (QED) is 0.941. The zero-order valence-electron chi connectivity index (χ0n) is 14.1. The smallest absolute Gasteiger partial charge is 0.227 e. The van der Waals surface area contributed by atoms with E-state index in [0.717, 1.165) is 16.8 Å². The number of carbonyl (C=O) groups is 2. The summed E-state index contributed by atoms with van der Waals surface area (Å²) in [6.45, 7) is 4.96. The Bertz CT molecular complexity index is 752. The molecule has 1 fully saturated rings. The predicted octanol–water partition coefficient (Wildman–Crippen LogP) is 2.97. The van der Waals surface area contributed by atoms with E-state index in [0.29, 0.717) is 13.1 Å². The molecule has 1 aliphatic heterocycles. The van der Waals surface area contributed by atoms with E-state index < -0.39 is 0 Å². The first kappa shape index (κ1) is 16.2. The minimum atomic E-state index is -0.289. The summed E-state index contributed by atoms with van der Waals surface area (Å²) in [7, 11) is 0. The fourth-order valence-electron chi connectivity index (χ4n) is 3.02. The third-order valence-corrected chi connectivity index (χ3v) is 4.49. The van der Waals surface area contributed by atoms with Crippen molar-refractivity contribution < 1.29 is 9.59 Å². The van der Waals surface area contributed by atoms with Gasteiger partial charge < -0.3 is 10.2 Å². The molecule has 0 radical (unpaired) electrons. The van der Waals surface area contributed by atoms with Crippen LogP contribution in [-0.4, -0.2) is 18.4 Å². The lowest BCUT2D eigenvalue weighted by molar-refractivity contribution is -0.126. The Hall–Kier alpha value is -2.62. The molecule has 2 aromatic carbocycles. The number of carbonyl (C=O) groups excluding carboxylic acids is 2. The van der Waals surface area contributed by atoms with Crippen LogP contribution in [0.15, 0.2) is 48.5 Å². The van der Waals surface area contributed by atoms with Gasteiger partial charge in [0.15, 0.2) is 0 Å². The van der Waals surface area contributed by atoms with Crippen LogP contribution in [0.2, 0.25) is 0 Å². The van der Waals surface area contributed by atoms with Crippen LogP contribution in [0.3, 0.4) is 0 Å². The summed E-state index contributed by atoms with van der Waals surface area (Å²) in [5.74, 6) is -0.331. The van der Waals surface area contributed by atoms with Crippen LogP contribution in [0.4, 0.5) is 5.69 Å². The molecule has 4 heteroatoms. The molecule has 0 aliphatic carbocycles. The summed E-state index contributed by atoms with van der Waals surface area (Å²) in [5, 5.41) is 2.95. The largest absolute Gasteiger partial charge is 0.352 e. The average molecular weight is 322 g/mol. The van der Waals surface area contributed by atoms with Crippen molar-refractivity contribution in [2.24, 2.45) is 5.92 Å². The van der Waals surface area contributed by atoms with E-state index >= 15 is 0 Å². The Morgan fingerprint density at radius 3 is 2.54 bits per heavy atom. The molecule has 1 heterocycles. The van der Waals surface area contributed by atoms with Gasteiger partial charge >= 0.3 is 0 Å². The number of amides is 2. The van der Waals surface area contributed by atoms with E-state index in [-0.39, 0.29) is 24.2 Å². The van der Waals surface area contributed by atoms with Crippen LogP contribution in [0.5, 0.6) is 0 Å². The number of para-hydroxylation sites is 1. The number of hydrogen-bond donors (Lipinski definition) is 1. The molecule has 1 aliphatic rings. The number of aryl methyl sites for hydroxylation is 2. The first-order valence-electron chi connectivity index (χ1n) is 8.24. The van der Waals surface area contributed by atoms with Gasteiger partial charge in [-0.2, -0.15) is 0 Å². The lowest BCUT2D eigenvalue weighted by atomic mass is 10.1. The van der Waals surface area contributed by atoms with Gasteiger partial charge in [0, 0.05) is 25.2 Å². The van der Waals surface area contributed by atoms with E-state index in [9.17, 15) is 9.59 Å². The van der Waals surface area contributed by atoms with Crippen molar-refractivity contribution in [3.63, 3.8) is 0 Å². The van der Waals surface area contributed by atoms with Gasteiger partial charge in [0.2, 0.25) is 11.8 Å². The normalized spacial score (nSPS) is 17.2. The van der Waals surface area contributed by atoms with Crippen molar-refractivity contribution in [2.75, 3.05) is 11.4 Å². The molecule has 1 N–H and O–H groups in total. The van der Waals surface area contributed by atoms with Gasteiger partial charge in [-0.05, 0) is 31.0 Å². The maximum absolute atomic E-state index is 12.4. The van der Waals surface area contributed by atoms with Gasteiger partial charge in [0.1, 0.15) is 0 Å². The molecule has 4 nitrogen and oxygen atoms in total. The Balaban J connectivity index is 1.62. The second kappa shape index (κ2) is 6.87. The summed E-state index contributed by atoms with van der Waals surface area (Å²) < 4.78 is 0. The molecule has 124 valence electrons. The molecule has 3 rings (SSSR count). The van der Waals surface area contributed by atoms with E-state index in [2.05, 4.69) is 5.32 Å². The highest BCUT2D eigenvalue weighted by atomic mass is 16.2. The number of anilines is 1. The molecular weight excluding hydrogens is 300 g/mol. The zero-order valence-corrected chi connectivity index (χ0v) is 14.1. The number of benzene rings is 2. The standard InChI is InChI=1S/C20H22N2O2/c1-14-7-9-16(10-8-14)12-21-20(24)17-11-19(23)22(13-17)18-6-4-3-5-15(18)2/h3-10,17H,11-13H2,1-2H3,(H,21,24)/t17-/m0/s1. The van der Waals surface area contributed by atoms with Crippen LogP contribution < -0.4 is 10.2 Å². The highest BCUT2D eigenvalue weighted by Crippen LogP contribution is 2.27. The number of hydrogen-bond acceptors (Lipinski definition) is 2. The van der Waals surface area contributed by atoms with Gasteiger partial charge in [-0.25, -0.2) is 0 Å². The molecule has 1 atom stereocenters. The third-order valence-electron chi connectivity index (χ3n) is 4.49. The minimum Gasteiger partial charge on any atom is -0.352 e. The van der Waals surface area contributed by atoms with Crippen LogP contribution in [0.25, 0.3) is 0 Å². The van der Waals surface area contributed by atoms with Crippen molar-refractivity contribution in [3.8, 4) is 0 Å². The second-order valence-electron chi connectivity index (χ2n) is 6.40. The van der Waals surface area contributed by atoms with Gasteiger partial charge in [-0.15, -0.1) is 0 Å². The van der Waals surface area contributed by atoms with Crippen LogP contribution in [-0.2, 0) is 16.1 Å². The fourth-order valence-corrected chi connectivity index (χ4v) is 3.02. The first-order valence-corrected chi connectivity index (χ1v) is 8.24. The molecule has 2 aromatic rings. The fraction of sp³-hybridized carbons (Fsp3) is 0.300. The topological polar surface area (TPSA) is 49.4 Å². The number of nitrogens with zero attached hydrogens (tertiary/aromatic N) is 1. The van der Waals surface area contributed by atoms with E-state index in [4.69, 9.17) is 0 Å². The molecule has 0 spiro atoms. The van der Waals surface area contributed by atoms with Gasteiger partial charge in [-0.3, -0.25) is 9.59 Å². The Labute approximate surface area is 142 Å². The SMILES string of the molecule is Cc1ccc(CNC(=O)[C@H]2CC(=O)N(c3ccccc3C)C2)cc1. The van der Waals surface area contributed by atoms with Crippen LogP contribution >= 0.6 is 0 Å². The second-order valence-corrected chi connectivity index (χ2v) is 6.40. The summed E-state index contributed by atoms with van der Waals surface area (Å²) in [6, 6.07) is 15.9. The molecule has 24 heavy (non-hydrogen) atoms. The van der Waals surface area contributed by atoms with E-state index in [1.165, 1.54) is 5.56 Å². The Kier molecular flexibility index (Phi) is 4.65. The van der Waals surface area contributed by atoms with Crippen LogP contribution in [0.1, 0.15) is 23.1 Å². The summed E-state index contributed by atoms with van der Waals surface area (Å²) in [4.78, 5) is 26.4. The molecular formula is C20H22N2O2. The minimum absolute atomic E-state index is 0.0137. The summed E-state index contributed by atoms with van der Waals surface area (Å²) >= 11 is 0. The highest BCUT2D eigenvalue weighted by Gasteiger charge is 2.35. The van der Waals surface area contributed by atoms with Crippen molar-refractivity contribution in [1.82, 2.24) is 5.32 Å². The maximum atomic E-state index is 12.4. The lowest BCUT2D eigenvalue weighted by Gasteiger charge is -2.19. The highest BCUT2D eigenvalue weighted by molar-refractivity contribution is 6.00. The van der Waals surface area contributed by atoms with Crippen molar-refractivity contribution in [2.45, 2.75) is 26.8 Å². The molecule has 0 aromatic heterocycles. The van der Waals surface area contributed by atoms with Crippen molar-refractivity contribution in [1.29, 1.82) is 0 Å². The summed E-state index contributed by atoms with van der Waals surface area (Å²) in [6.07, 6.45) is 0.272. The lowest BCUT2D eigenvalue weighted by Crippen LogP contribution is -2.32. The maximum Gasteiger partial charge on any atom is 0.227 e. The monoisotopic (exact) mass is 322 g/mol. The van der Waals surface area contributed by atoms with E-state index in [1.54, 1.807) is 4.90 Å². The zero-order chi connectivity index (χ0) is 17.1. The van der Waals surface area contributed by atoms with Gasteiger partial charge in [0.05, 0.1) is 5.92 Å². The third kappa shape index (κ3) is 3.48. The molecule has 0 unspecified atom stereocenters. The molecule has 2 amide bonds. The van der Waals surface area contributed by atoms with Crippen molar-refractivity contribution in [3.05, 3.63) is 65.2 Å². The molecule has 0 bridgehead atoms. The summed E-state index contributed by atoms with van der Waals surface area (Å²) in [5.41, 5.74) is 4.21. The molecule has 0 saturated carbocycles. The first-order chi connectivity index (χ1) is 11.5. The predicted molar refractivity (Wildman–Crippen MR) is 94.7 cm³/mol. The van der Waals surface area contributed by atoms with Gasteiger partial charge in [0.25, 0.3) is 0 Å². The molecule has 1 saturated heterocycles. The van der Waals surface area contributed by atoms with E-state index in [1.807, 2.05) is 62.4 Å². The average Bonchev–Trinajstić information content (AvgIpc) is 2.96. The van der Waals surface area contributed by atoms with Crippen LogP contribution in [0, 0.1) is 19.8 Å². The number of nitrogens with one attached hydrogen (secondary N) is 1.